The van der Waals surface area contributed by atoms with Crippen LogP contribution in [0.3, 0.4) is 0 Å². The molecule has 0 saturated carbocycles. The number of nitrogens with zero attached hydrogens (tertiary/aromatic N) is 4. The van der Waals surface area contributed by atoms with Gasteiger partial charge < -0.3 is 5.32 Å². The predicted octanol–water partition coefficient (Wildman–Crippen LogP) is 4.35. The second kappa shape index (κ2) is 9.02. The summed E-state index contributed by atoms with van der Waals surface area (Å²) in [6.45, 7) is 1.90. The highest BCUT2D eigenvalue weighted by atomic mass is 32.2. The Bertz CT molecular complexity index is 1090. The van der Waals surface area contributed by atoms with Gasteiger partial charge in [-0.15, -0.1) is 21.5 Å². The molecule has 0 atom stereocenters. The molecule has 2 aromatic heterocycles. The Morgan fingerprint density at radius 1 is 1.07 bits per heavy atom. The summed E-state index contributed by atoms with van der Waals surface area (Å²) >= 11 is 2.78. The number of amides is 1. The zero-order valence-electron chi connectivity index (χ0n) is 15.8. The maximum Gasteiger partial charge on any atom is 0.236 e. The van der Waals surface area contributed by atoms with Crippen LogP contribution >= 0.6 is 23.1 Å². The van der Waals surface area contributed by atoms with Crippen LogP contribution in [0.5, 0.6) is 0 Å². The van der Waals surface area contributed by atoms with Gasteiger partial charge in [0.15, 0.2) is 10.3 Å². The number of nitrogens with one attached hydrogen (secondary N) is 1. The van der Waals surface area contributed by atoms with E-state index < -0.39 is 0 Å². The molecule has 29 heavy (non-hydrogen) atoms. The topological polar surface area (TPSA) is 72.7 Å². The highest BCUT2D eigenvalue weighted by Gasteiger charge is 2.16. The minimum Gasteiger partial charge on any atom is -0.301 e. The van der Waals surface area contributed by atoms with Crippen molar-refractivity contribution in [1.29, 1.82) is 0 Å². The summed E-state index contributed by atoms with van der Waals surface area (Å²) in [5.41, 5.74) is 3.03. The molecule has 8 heteroatoms. The number of carbonyl (C=O) groups is 1. The maximum absolute atomic E-state index is 12.3. The molecule has 0 saturated heterocycles. The van der Waals surface area contributed by atoms with E-state index >= 15 is 0 Å². The van der Waals surface area contributed by atoms with Gasteiger partial charge in [0.2, 0.25) is 5.91 Å². The van der Waals surface area contributed by atoms with Crippen molar-refractivity contribution in [2.45, 2.75) is 18.5 Å². The highest BCUT2D eigenvalue weighted by molar-refractivity contribution is 7.99. The SMILES string of the molecule is Cc1csc(NC(=O)CSc2nnc(Cc3ccccc3)n2-c2ccccc2)n1. The van der Waals surface area contributed by atoms with Crippen LogP contribution in [0.1, 0.15) is 17.1 Å². The minimum absolute atomic E-state index is 0.114. The summed E-state index contributed by atoms with van der Waals surface area (Å²) in [6, 6.07) is 20.1. The first kappa shape index (κ1) is 19.4. The Morgan fingerprint density at radius 2 is 1.79 bits per heavy atom. The summed E-state index contributed by atoms with van der Waals surface area (Å²) in [6.07, 6.45) is 0.661. The minimum atomic E-state index is -0.114. The number of hydrogen-bond donors (Lipinski definition) is 1. The van der Waals surface area contributed by atoms with Crippen LogP contribution in [0, 0.1) is 6.92 Å². The van der Waals surface area contributed by atoms with Crippen LogP contribution in [0.2, 0.25) is 0 Å². The fourth-order valence-electron chi connectivity index (χ4n) is 2.82. The molecule has 0 spiro atoms. The molecule has 4 rings (SSSR count). The van der Waals surface area contributed by atoms with Crippen LogP contribution in [-0.4, -0.2) is 31.4 Å². The molecule has 0 aliphatic heterocycles. The Labute approximate surface area is 177 Å². The largest absolute Gasteiger partial charge is 0.301 e. The van der Waals surface area contributed by atoms with E-state index in [2.05, 4.69) is 32.6 Å². The summed E-state index contributed by atoms with van der Waals surface area (Å²) in [4.78, 5) is 16.6. The molecule has 4 aromatic rings. The van der Waals surface area contributed by atoms with Gasteiger partial charge in [-0.05, 0) is 24.6 Å². The normalized spacial score (nSPS) is 10.8. The van der Waals surface area contributed by atoms with E-state index in [1.165, 1.54) is 23.1 Å². The molecule has 2 heterocycles. The van der Waals surface area contributed by atoms with E-state index in [9.17, 15) is 4.79 Å². The predicted molar refractivity (Wildman–Crippen MR) is 117 cm³/mol. The van der Waals surface area contributed by atoms with Crippen LogP contribution in [0.15, 0.2) is 71.2 Å². The van der Waals surface area contributed by atoms with Crippen molar-refractivity contribution in [3.05, 3.63) is 83.1 Å². The van der Waals surface area contributed by atoms with Crippen molar-refractivity contribution in [2.24, 2.45) is 0 Å². The number of anilines is 1. The first-order chi connectivity index (χ1) is 14.2. The second-order valence-corrected chi connectivity index (χ2v) is 8.16. The summed E-state index contributed by atoms with van der Waals surface area (Å²) < 4.78 is 2.01. The standard InChI is InChI=1S/C21H19N5OS2/c1-15-13-28-20(22-15)23-19(27)14-29-21-25-24-18(12-16-8-4-2-5-9-16)26(21)17-10-6-3-7-11-17/h2-11,13H,12,14H2,1H3,(H,22,23,27). The Balaban J connectivity index is 1.54. The van der Waals surface area contributed by atoms with Gasteiger partial charge in [-0.3, -0.25) is 9.36 Å². The van der Waals surface area contributed by atoms with Gasteiger partial charge in [-0.1, -0.05) is 60.3 Å². The summed E-state index contributed by atoms with van der Waals surface area (Å²) in [5, 5.41) is 14.8. The van der Waals surface area contributed by atoms with Crippen molar-refractivity contribution in [1.82, 2.24) is 19.7 Å². The Hall–Kier alpha value is -2.97. The van der Waals surface area contributed by atoms with Gasteiger partial charge in [0.25, 0.3) is 0 Å². The second-order valence-electron chi connectivity index (χ2n) is 6.36. The van der Waals surface area contributed by atoms with Gasteiger partial charge in [-0.2, -0.15) is 0 Å². The summed E-state index contributed by atoms with van der Waals surface area (Å²) in [5.74, 6) is 0.951. The van der Waals surface area contributed by atoms with E-state index in [1.807, 2.05) is 65.4 Å². The number of aromatic nitrogens is 4. The molecule has 0 aliphatic carbocycles. The maximum atomic E-state index is 12.3. The lowest BCUT2D eigenvalue weighted by Crippen LogP contribution is -2.14. The lowest BCUT2D eigenvalue weighted by atomic mass is 10.1. The van der Waals surface area contributed by atoms with E-state index in [0.29, 0.717) is 16.7 Å². The third kappa shape index (κ3) is 4.90. The monoisotopic (exact) mass is 421 g/mol. The van der Waals surface area contributed by atoms with E-state index in [-0.39, 0.29) is 11.7 Å². The molecular weight excluding hydrogens is 402 g/mol. The number of hydrogen-bond acceptors (Lipinski definition) is 6. The molecular formula is C21H19N5OS2. The van der Waals surface area contributed by atoms with Crippen molar-refractivity contribution in [3.63, 3.8) is 0 Å². The van der Waals surface area contributed by atoms with E-state index in [4.69, 9.17) is 0 Å². The lowest BCUT2D eigenvalue weighted by molar-refractivity contribution is -0.113. The lowest BCUT2D eigenvalue weighted by Gasteiger charge is -2.10. The third-order valence-corrected chi connectivity index (χ3v) is 5.92. The fraction of sp³-hybridized carbons (Fsp3) is 0.143. The van der Waals surface area contributed by atoms with Crippen molar-refractivity contribution in [2.75, 3.05) is 11.1 Å². The first-order valence-corrected chi connectivity index (χ1v) is 10.9. The molecule has 1 amide bonds. The quantitative estimate of drug-likeness (QED) is 0.449. The van der Waals surface area contributed by atoms with E-state index in [0.717, 1.165) is 22.8 Å². The van der Waals surface area contributed by atoms with Crippen LogP contribution < -0.4 is 5.32 Å². The van der Waals surface area contributed by atoms with E-state index in [1.54, 1.807) is 0 Å². The third-order valence-electron chi connectivity index (χ3n) is 4.12. The van der Waals surface area contributed by atoms with Crippen molar-refractivity contribution in [3.8, 4) is 5.69 Å². The van der Waals surface area contributed by atoms with Crippen molar-refractivity contribution < 1.29 is 4.79 Å². The Morgan fingerprint density at radius 3 is 2.48 bits per heavy atom. The average Bonchev–Trinajstić information content (AvgIpc) is 3.33. The smallest absolute Gasteiger partial charge is 0.236 e. The first-order valence-electron chi connectivity index (χ1n) is 9.07. The number of thioether (sulfide) groups is 1. The molecule has 0 bridgehead atoms. The summed E-state index contributed by atoms with van der Waals surface area (Å²) in [7, 11) is 0. The molecule has 6 nitrogen and oxygen atoms in total. The molecule has 0 radical (unpaired) electrons. The van der Waals surface area contributed by atoms with Gasteiger partial charge in [0, 0.05) is 17.5 Å². The molecule has 2 aromatic carbocycles. The number of benzene rings is 2. The zero-order valence-corrected chi connectivity index (χ0v) is 17.4. The molecule has 0 aliphatic rings. The average molecular weight is 422 g/mol. The van der Waals surface area contributed by atoms with Gasteiger partial charge >= 0.3 is 0 Å². The van der Waals surface area contributed by atoms with Gasteiger partial charge in [0.05, 0.1) is 11.4 Å². The number of aryl methyl sites for hydroxylation is 1. The van der Waals surface area contributed by atoms with Crippen molar-refractivity contribution >= 4 is 34.1 Å². The molecule has 0 fully saturated rings. The van der Waals surface area contributed by atoms with Gasteiger partial charge in [0.1, 0.15) is 5.82 Å². The number of rotatable bonds is 7. The molecule has 1 N–H and O–H groups in total. The van der Waals surface area contributed by atoms with Crippen LogP contribution in [-0.2, 0) is 11.2 Å². The number of carbonyl (C=O) groups excluding carboxylic acids is 1. The highest BCUT2D eigenvalue weighted by Crippen LogP contribution is 2.24. The molecule has 146 valence electrons. The van der Waals surface area contributed by atoms with Crippen LogP contribution in [0.25, 0.3) is 5.69 Å². The Kier molecular flexibility index (Phi) is 6.02. The zero-order chi connectivity index (χ0) is 20.1. The van der Waals surface area contributed by atoms with Crippen LogP contribution in [0.4, 0.5) is 5.13 Å². The fourth-order valence-corrected chi connectivity index (χ4v) is 4.30. The number of para-hydroxylation sites is 1. The number of thiazole rings is 1. The molecule has 0 unspecified atom stereocenters. The van der Waals surface area contributed by atoms with Gasteiger partial charge in [-0.25, -0.2) is 4.98 Å².